The lowest BCUT2D eigenvalue weighted by Gasteiger charge is -2.24. The minimum absolute atomic E-state index is 0.308. The quantitative estimate of drug-likeness (QED) is 0.452. The van der Waals surface area contributed by atoms with Gasteiger partial charge < -0.3 is 9.47 Å². The predicted molar refractivity (Wildman–Crippen MR) is 80.7 cm³/mol. The van der Waals surface area contributed by atoms with Gasteiger partial charge in [0.1, 0.15) is 0 Å². The van der Waals surface area contributed by atoms with Gasteiger partial charge >= 0.3 is 11.9 Å². The first-order valence-corrected chi connectivity index (χ1v) is 7.64. The SMILES string of the molecule is COC(=O)C(C)(CC1=C=CCCCCCCC1)C(=O)OC. The van der Waals surface area contributed by atoms with Gasteiger partial charge in [0.25, 0.3) is 0 Å². The Kier molecular flexibility index (Phi) is 7.24. The van der Waals surface area contributed by atoms with Crippen LogP contribution in [0.1, 0.15) is 58.3 Å². The molecule has 1 rings (SSSR count). The molecule has 0 aromatic rings. The van der Waals surface area contributed by atoms with Gasteiger partial charge in [0.15, 0.2) is 5.41 Å². The molecule has 0 atom stereocenters. The Labute approximate surface area is 127 Å². The highest BCUT2D eigenvalue weighted by atomic mass is 16.5. The highest BCUT2D eigenvalue weighted by molar-refractivity contribution is 5.99. The van der Waals surface area contributed by atoms with E-state index in [4.69, 9.17) is 9.47 Å². The molecule has 0 unspecified atom stereocenters. The van der Waals surface area contributed by atoms with Crippen molar-refractivity contribution in [3.63, 3.8) is 0 Å². The van der Waals surface area contributed by atoms with Crippen LogP contribution in [0.4, 0.5) is 0 Å². The molecule has 1 aliphatic rings. The van der Waals surface area contributed by atoms with Crippen LogP contribution in [0.15, 0.2) is 17.4 Å². The number of hydrogen-bond acceptors (Lipinski definition) is 4. The second kappa shape index (κ2) is 8.68. The fourth-order valence-corrected chi connectivity index (χ4v) is 2.65. The van der Waals surface area contributed by atoms with Crippen molar-refractivity contribution in [3.05, 3.63) is 17.4 Å². The van der Waals surface area contributed by atoms with E-state index in [2.05, 4.69) is 5.73 Å². The normalized spacial score (nSPS) is 16.8. The van der Waals surface area contributed by atoms with E-state index in [1.807, 2.05) is 6.08 Å². The average Bonchev–Trinajstić information content (AvgIpc) is 2.51. The van der Waals surface area contributed by atoms with Gasteiger partial charge in [-0.25, -0.2) is 0 Å². The summed E-state index contributed by atoms with van der Waals surface area (Å²) in [4.78, 5) is 24.0. The van der Waals surface area contributed by atoms with Gasteiger partial charge in [-0.15, -0.1) is 5.73 Å². The number of allylic oxidation sites excluding steroid dienone is 1. The molecule has 0 bridgehead atoms. The van der Waals surface area contributed by atoms with Crippen molar-refractivity contribution < 1.29 is 19.1 Å². The first kappa shape index (κ1) is 17.5. The van der Waals surface area contributed by atoms with Crippen molar-refractivity contribution >= 4 is 11.9 Å². The first-order valence-electron chi connectivity index (χ1n) is 7.64. The maximum absolute atomic E-state index is 12.0. The summed E-state index contributed by atoms with van der Waals surface area (Å²) < 4.78 is 9.58. The van der Waals surface area contributed by atoms with E-state index in [1.165, 1.54) is 39.9 Å². The number of carbonyl (C=O) groups is 2. The predicted octanol–water partition coefficient (Wildman–Crippen LogP) is 3.55. The van der Waals surface area contributed by atoms with E-state index in [0.717, 1.165) is 24.8 Å². The number of carbonyl (C=O) groups excluding carboxylic acids is 2. The van der Waals surface area contributed by atoms with Crippen LogP contribution in [0.2, 0.25) is 0 Å². The third-order valence-electron chi connectivity index (χ3n) is 3.97. The lowest BCUT2D eigenvalue weighted by Crippen LogP contribution is -2.38. The van der Waals surface area contributed by atoms with Crippen molar-refractivity contribution in [1.82, 2.24) is 0 Å². The monoisotopic (exact) mass is 294 g/mol. The Balaban J connectivity index is 2.96. The first-order chi connectivity index (χ1) is 10.0. The molecule has 0 spiro atoms. The number of ether oxygens (including phenoxy) is 2. The maximum atomic E-state index is 12.0. The van der Waals surface area contributed by atoms with E-state index in [-0.39, 0.29) is 0 Å². The minimum Gasteiger partial charge on any atom is -0.468 e. The van der Waals surface area contributed by atoms with Gasteiger partial charge in [-0.05, 0) is 44.3 Å². The molecule has 0 amide bonds. The van der Waals surface area contributed by atoms with Crippen molar-refractivity contribution in [2.75, 3.05) is 14.2 Å². The zero-order valence-electron chi connectivity index (χ0n) is 13.4. The number of rotatable bonds is 4. The van der Waals surface area contributed by atoms with Gasteiger partial charge in [-0.1, -0.05) is 19.3 Å². The molecule has 4 heteroatoms. The highest BCUT2D eigenvalue weighted by Crippen LogP contribution is 2.31. The maximum Gasteiger partial charge on any atom is 0.323 e. The van der Waals surface area contributed by atoms with Crippen molar-refractivity contribution in [3.8, 4) is 0 Å². The zero-order chi connectivity index (χ0) is 15.7. The summed E-state index contributed by atoms with van der Waals surface area (Å²) >= 11 is 0. The Bertz CT molecular complexity index is 414. The van der Waals surface area contributed by atoms with Crippen LogP contribution >= 0.6 is 0 Å². The Morgan fingerprint density at radius 3 is 2.29 bits per heavy atom. The molecule has 0 N–H and O–H groups in total. The van der Waals surface area contributed by atoms with Crippen LogP contribution < -0.4 is 0 Å². The smallest absolute Gasteiger partial charge is 0.323 e. The fourth-order valence-electron chi connectivity index (χ4n) is 2.65. The van der Waals surface area contributed by atoms with E-state index in [9.17, 15) is 9.59 Å². The van der Waals surface area contributed by atoms with E-state index < -0.39 is 17.4 Å². The number of esters is 2. The van der Waals surface area contributed by atoms with Crippen LogP contribution in [0.3, 0.4) is 0 Å². The van der Waals surface area contributed by atoms with Crippen LogP contribution in [-0.2, 0) is 19.1 Å². The van der Waals surface area contributed by atoms with Gasteiger partial charge in [0.2, 0.25) is 0 Å². The molecule has 0 aliphatic heterocycles. The summed E-state index contributed by atoms with van der Waals surface area (Å²) in [6.07, 6.45) is 10.1. The topological polar surface area (TPSA) is 52.6 Å². The fraction of sp³-hybridized carbons (Fsp3) is 0.706. The molecule has 0 radical (unpaired) electrons. The van der Waals surface area contributed by atoms with Gasteiger partial charge in [-0.3, -0.25) is 9.59 Å². The van der Waals surface area contributed by atoms with E-state index >= 15 is 0 Å². The van der Waals surface area contributed by atoms with Gasteiger partial charge in [0, 0.05) is 6.42 Å². The molecule has 118 valence electrons. The second-order valence-electron chi connectivity index (χ2n) is 5.75. The van der Waals surface area contributed by atoms with Crippen LogP contribution in [0.25, 0.3) is 0 Å². The Hall–Kier alpha value is -1.54. The molecule has 0 heterocycles. The minimum atomic E-state index is -1.29. The molecule has 0 aromatic heterocycles. The molecule has 21 heavy (non-hydrogen) atoms. The molecular weight excluding hydrogens is 268 g/mol. The molecule has 0 saturated heterocycles. The van der Waals surface area contributed by atoms with Crippen LogP contribution in [-0.4, -0.2) is 26.2 Å². The standard InChI is InChI=1S/C17H26O4/c1-17(15(18)20-2,16(19)21-3)13-14-11-9-7-5-4-6-8-10-12-14/h9H,4-8,10,12-13H2,1-3H3. The van der Waals surface area contributed by atoms with E-state index in [1.54, 1.807) is 6.92 Å². The lowest BCUT2D eigenvalue weighted by atomic mass is 9.82. The molecule has 1 aliphatic carbocycles. The molecule has 0 fully saturated rings. The summed E-state index contributed by atoms with van der Waals surface area (Å²) in [5.41, 5.74) is 2.99. The van der Waals surface area contributed by atoms with Gasteiger partial charge in [0.05, 0.1) is 14.2 Å². The third kappa shape index (κ3) is 5.05. The number of methoxy groups -OCH3 is 2. The van der Waals surface area contributed by atoms with Gasteiger partial charge in [-0.2, -0.15) is 0 Å². The summed E-state index contributed by atoms with van der Waals surface area (Å²) in [5, 5.41) is 0. The molecule has 4 nitrogen and oxygen atoms in total. The summed E-state index contributed by atoms with van der Waals surface area (Å²) in [5.74, 6) is -1.11. The summed E-state index contributed by atoms with van der Waals surface area (Å²) in [7, 11) is 2.59. The van der Waals surface area contributed by atoms with Crippen molar-refractivity contribution in [2.24, 2.45) is 5.41 Å². The summed E-state index contributed by atoms with van der Waals surface area (Å²) in [6.45, 7) is 1.58. The molecular formula is C17H26O4. The van der Waals surface area contributed by atoms with Crippen LogP contribution in [0, 0.1) is 5.41 Å². The zero-order valence-corrected chi connectivity index (χ0v) is 13.4. The average molecular weight is 294 g/mol. The third-order valence-corrected chi connectivity index (χ3v) is 3.97. The Morgan fingerprint density at radius 1 is 1.10 bits per heavy atom. The highest BCUT2D eigenvalue weighted by Gasteiger charge is 2.44. The molecule has 0 aromatic carbocycles. The second-order valence-corrected chi connectivity index (χ2v) is 5.75. The summed E-state index contributed by atoms with van der Waals surface area (Å²) in [6, 6.07) is 0. The largest absolute Gasteiger partial charge is 0.468 e. The Morgan fingerprint density at radius 2 is 1.67 bits per heavy atom. The van der Waals surface area contributed by atoms with E-state index in [0.29, 0.717) is 6.42 Å². The van der Waals surface area contributed by atoms with Crippen molar-refractivity contribution in [1.29, 1.82) is 0 Å². The lowest BCUT2D eigenvalue weighted by molar-refractivity contribution is -0.167. The van der Waals surface area contributed by atoms with Crippen LogP contribution in [0.5, 0.6) is 0 Å². The molecule has 0 saturated carbocycles. The number of hydrogen-bond donors (Lipinski definition) is 0. The van der Waals surface area contributed by atoms with Crippen molar-refractivity contribution in [2.45, 2.75) is 58.3 Å².